The zero-order valence-electron chi connectivity index (χ0n) is 21.5. The van der Waals surface area contributed by atoms with Crippen LogP contribution in [0.1, 0.15) is 21.5 Å². The Labute approximate surface area is 231 Å². The number of aliphatic imine (C=N–C) groups is 1. The molecule has 3 aromatic rings. The van der Waals surface area contributed by atoms with E-state index in [0.29, 0.717) is 52.1 Å². The van der Waals surface area contributed by atoms with Crippen molar-refractivity contribution in [3.05, 3.63) is 63.3 Å². The molecule has 0 radical (unpaired) electrons. The van der Waals surface area contributed by atoms with Gasteiger partial charge in [-0.15, -0.1) is 0 Å². The first-order valence-corrected chi connectivity index (χ1v) is 13.4. The van der Waals surface area contributed by atoms with Crippen LogP contribution in [0.15, 0.2) is 41.5 Å². The van der Waals surface area contributed by atoms with Crippen LogP contribution < -0.4 is 20.0 Å². The zero-order chi connectivity index (χ0) is 26.6. The van der Waals surface area contributed by atoms with Crippen molar-refractivity contribution >= 4 is 63.9 Å². The van der Waals surface area contributed by atoms with Gasteiger partial charge in [0.1, 0.15) is 5.56 Å². The molecule has 0 aliphatic carbocycles. The molecule has 9 nitrogen and oxygen atoms in total. The normalized spacial score (nSPS) is 17.4. The van der Waals surface area contributed by atoms with Gasteiger partial charge in [0.05, 0.1) is 22.3 Å². The second-order valence-electron chi connectivity index (χ2n) is 9.85. The summed E-state index contributed by atoms with van der Waals surface area (Å²) < 4.78 is 0. The summed E-state index contributed by atoms with van der Waals surface area (Å²) >= 11 is 12.9. The molecular weight excluding hydrogens is 523 g/mol. The van der Waals surface area contributed by atoms with E-state index in [1.807, 2.05) is 4.90 Å². The van der Waals surface area contributed by atoms with Crippen LogP contribution in [0.5, 0.6) is 0 Å². The van der Waals surface area contributed by atoms with Crippen LogP contribution in [-0.2, 0) is 0 Å². The SMILES string of the molecule is Cc1cc(Nc2ncc3c(n2)N2CCN=C2N(c2c(Cl)cccc2Cl)C3=O)cc(C)c1N1CCN(C)CC1. The molecule has 1 aromatic heterocycles. The number of aromatic nitrogens is 2. The van der Waals surface area contributed by atoms with Gasteiger partial charge in [0.2, 0.25) is 11.9 Å². The van der Waals surface area contributed by atoms with E-state index < -0.39 is 0 Å². The number of hydrogen-bond donors (Lipinski definition) is 1. The number of nitrogens with zero attached hydrogens (tertiary/aromatic N) is 7. The molecule has 11 heteroatoms. The zero-order valence-corrected chi connectivity index (χ0v) is 23.0. The van der Waals surface area contributed by atoms with Gasteiger partial charge in [-0.3, -0.25) is 14.7 Å². The van der Waals surface area contributed by atoms with Gasteiger partial charge >= 0.3 is 0 Å². The Morgan fingerprint density at radius 3 is 2.32 bits per heavy atom. The lowest BCUT2D eigenvalue weighted by molar-refractivity contribution is 0.1000. The topological polar surface area (TPSA) is 80.2 Å². The summed E-state index contributed by atoms with van der Waals surface area (Å²) in [5.74, 6) is 1.08. The molecule has 1 N–H and O–H groups in total. The number of benzene rings is 2. The Balaban J connectivity index is 1.31. The number of anilines is 5. The molecule has 3 aliphatic rings. The average Bonchev–Trinajstić information content (AvgIpc) is 3.36. The minimum atomic E-state index is -0.318. The predicted molar refractivity (Wildman–Crippen MR) is 154 cm³/mol. The maximum absolute atomic E-state index is 13.6. The highest BCUT2D eigenvalue weighted by atomic mass is 35.5. The van der Waals surface area contributed by atoms with E-state index in [4.69, 9.17) is 28.2 Å². The molecule has 3 aliphatic heterocycles. The van der Waals surface area contributed by atoms with Crippen molar-refractivity contribution in [2.24, 2.45) is 4.99 Å². The summed E-state index contributed by atoms with van der Waals surface area (Å²) in [5.41, 5.74) is 5.37. The second kappa shape index (κ2) is 9.72. The first-order valence-electron chi connectivity index (χ1n) is 12.6. The van der Waals surface area contributed by atoms with E-state index in [1.54, 1.807) is 24.4 Å². The second-order valence-corrected chi connectivity index (χ2v) is 10.7. The number of fused-ring (bicyclic) bond motifs is 3. The highest BCUT2D eigenvalue weighted by Gasteiger charge is 2.41. The quantitative estimate of drug-likeness (QED) is 0.502. The van der Waals surface area contributed by atoms with E-state index >= 15 is 0 Å². The smallest absolute Gasteiger partial charge is 0.270 e. The fraction of sp³-hybridized carbons (Fsp3) is 0.333. The van der Waals surface area contributed by atoms with Gasteiger partial charge in [0, 0.05) is 50.3 Å². The first-order chi connectivity index (χ1) is 18.3. The summed E-state index contributed by atoms with van der Waals surface area (Å²) in [4.78, 5) is 35.6. The fourth-order valence-electron chi connectivity index (χ4n) is 5.42. The number of guanidine groups is 1. The van der Waals surface area contributed by atoms with Gasteiger partial charge in [0.25, 0.3) is 5.91 Å². The molecule has 0 saturated carbocycles. The van der Waals surface area contributed by atoms with Crippen LogP contribution in [-0.4, -0.2) is 73.1 Å². The molecule has 4 heterocycles. The van der Waals surface area contributed by atoms with Gasteiger partial charge < -0.3 is 15.1 Å². The van der Waals surface area contributed by atoms with Crippen LogP contribution in [0.25, 0.3) is 0 Å². The number of rotatable bonds is 4. The lowest BCUT2D eigenvalue weighted by Crippen LogP contribution is -2.51. The van der Waals surface area contributed by atoms with E-state index in [0.717, 1.165) is 31.9 Å². The number of amides is 1. The van der Waals surface area contributed by atoms with E-state index in [-0.39, 0.29) is 5.91 Å². The number of carbonyl (C=O) groups is 1. The van der Waals surface area contributed by atoms with E-state index in [2.05, 4.69) is 58.1 Å². The van der Waals surface area contributed by atoms with E-state index in [1.165, 1.54) is 21.7 Å². The Hall–Kier alpha value is -3.40. The molecule has 1 saturated heterocycles. The fourth-order valence-corrected chi connectivity index (χ4v) is 5.99. The predicted octanol–water partition coefficient (Wildman–Crippen LogP) is 4.73. The molecule has 0 bridgehead atoms. The molecule has 1 fully saturated rings. The Morgan fingerprint density at radius 2 is 1.63 bits per heavy atom. The van der Waals surface area contributed by atoms with Crippen molar-refractivity contribution in [1.82, 2.24) is 14.9 Å². The van der Waals surface area contributed by atoms with Crippen molar-refractivity contribution in [2.45, 2.75) is 13.8 Å². The molecule has 1 amide bonds. The van der Waals surface area contributed by atoms with Crippen molar-refractivity contribution in [3.63, 3.8) is 0 Å². The number of likely N-dealkylation sites (N-methyl/N-ethyl adjacent to an activating group) is 1. The summed E-state index contributed by atoms with van der Waals surface area (Å²) in [6.07, 6.45) is 1.55. The lowest BCUT2D eigenvalue weighted by atomic mass is 10.1. The van der Waals surface area contributed by atoms with Crippen molar-refractivity contribution in [1.29, 1.82) is 0 Å². The van der Waals surface area contributed by atoms with Gasteiger partial charge in [0.15, 0.2) is 5.82 Å². The standard InChI is InChI=1S/C27H28Cl2N8O/c1-16-13-18(14-17(2)22(16)35-11-9-34(3)10-12-35)32-26-31-15-19-24(33-26)36-8-7-30-27(36)37(25(19)38)23-20(28)5-4-6-21(23)29/h4-6,13-15H,7-12H2,1-3H3,(H,31,32,33). The summed E-state index contributed by atoms with van der Waals surface area (Å²) in [7, 11) is 2.16. The molecule has 0 spiro atoms. The third kappa shape index (κ3) is 4.24. The summed E-state index contributed by atoms with van der Waals surface area (Å²) in [6.45, 7) is 9.54. The Morgan fingerprint density at radius 1 is 0.947 bits per heavy atom. The highest BCUT2D eigenvalue weighted by Crippen LogP contribution is 2.40. The third-order valence-corrected chi connectivity index (χ3v) is 7.81. The Bertz CT molecular complexity index is 1420. The number of para-hydroxylation sites is 1. The van der Waals surface area contributed by atoms with Crippen LogP contribution in [0, 0.1) is 13.8 Å². The highest BCUT2D eigenvalue weighted by molar-refractivity contribution is 6.43. The Kier molecular flexibility index (Phi) is 6.37. The van der Waals surface area contributed by atoms with Crippen LogP contribution in [0.2, 0.25) is 10.0 Å². The summed E-state index contributed by atoms with van der Waals surface area (Å²) in [5, 5.41) is 4.08. The molecule has 196 valence electrons. The summed E-state index contributed by atoms with van der Waals surface area (Å²) in [6, 6.07) is 9.39. The van der Waals surface area contributed by atoms with Crippen LogP contribution >= 0.6 is 23.2 Å². The molecular formula is C27H28Cl2N8O. The van der Waals surface area contributed by atoms with Crippen LogP contribution in [0.3, 0.4) is 0 Å². The van der Waals surface area contributed by atoms with Crippen molar-refractivity contribution in [2.75, 3.05) is 66.3 Å². The minimum absolute atomic E-state index is 0.318. The van der Waals surface area contributed by atoms with Gasteiger partial charge in [-0.1, -0.05) is 29.3 Å². The maximum Gasteiger partial charge on any atom is 0.270 e. The first kappa shape index (κ1) is 24.9. The molecule has 0 atom stereocenters. The third-order valence-electron chi connectivity index (χ3n) is 7.20. The van der Waals surface area contributed by atoms with Crippen molar-refractivity contribution in [3.8, 4) is 0 Å². The average molecular weight is 551 g/mol. The molecule has 0 unspecified atom stereocenters. The van der Waals surface area contributed by atoms with Gasteiger partial charge in [-0.2, -0.15) is 4.98 Å². The number of piperazine rings is 1. The molecule has 38 heavy (non-hydrogen) atoms. The molecule has 6 rings (SSSR count). The molecule has 2 aromatic carbocycles. The van der Waals surface area contributed by atoms with Gasteiger partial charge in [-0.25, -0.2) is 9.88 Å². The van der Waals surface area contributed by atoms with Crippen LogP contribution in [0.4, 0.5) is 28.8 Å². The number of aryl methyl sites for hydroxylation is 2. The lowest BCUT2D eigenvalue weighted by Gasteiger charge is -2.36. The minimum Gasteiger partial charge on any atom is -0.369 e. The number of carbonyl (C=O) groups excluding carboxylic acids is 1. The number of hydrogen-bond acceptors (Lipinski definition) is 8. The largest absolute Gasteiger partial charge is 0.369 e. The number of nitrogens with one attached hydrogen (secondary N) is 1. The maximum atomic E-state index is 13.6. The monoisotopic (exact) mass is 550 g/mol. The number of halogens is 2. The van der Waals surface area contributed by atoms with Crippen molar-refractivity contribution < 1.29 is 4.79 Å². The van der Waals surface area contributed by atoms with Gasteiger partial charge in [-0.05, 0) is 56.3 Å². The van der Waals surface area contributed by atoms with E-state index in [9.17, 15) is 4.79 Å².